The number of aliphatic hydroxyl groups is 1. The van der Waals surface area contributed by atoms with Crippen LogP contribution in [-0.2, 0) is 84.3 Å². The van der Waals surface area contributed by atoms with Crippen molar-refractivity contribution in [2.24, 2.45) is 10.8 Å². The molecule has 0 aromatic carbocycles. The zero-order valence-electron chi connectivity index (χ0n) is 11.3. The normalized spacial score (nSPS) is 4.39. The van der Waals surface area contributed by atoms with Gasteiger partial charge in [0.05, 0.1) is 0 Å². The van der Waals surface area contributed by atoms with E-state index < -0.39 is 0 Å². The van der Waals surface area contributed by atoms with Crippen LogP contribution in [0.4, 0.5) is 0 Å². The minimum absolute atomic E-state index is 0. The Morgan fingerprint density at radius 2 is 1.17 bits per heavy atom. The summed E-state index contributed by atoms with van der Waals surface area (Å²) in [6.45, 7) is 12.9. The van der Waals surface area contributed by atoms with Gasteiger partial charge in [0.15, 0.2) is 0 Å². The largest absolute Gasteiger partial charge is 0.566 e. The van der Waals surface area contributed by atoms with Gasteiger partial charge in [-0.25, -0.2) is 6.61 Å². The van der Waals surface area contributed by atoms with Crippen LogP contribution in [-0.4, -0.2) is 5.11 Å². The third-order valence-corrected chi connectivity index (χ3v) is 0.167. The second-order valence-corrected chi connectivity index (χ2v) is 1.63. The minimum atomic E-state index is 0. The van der Waals surface area contributed by atoms with E-state index in [1.54, 1.807) is 20.8 Å². The molecule has 0 aliphatic heterocycles. The van der Waals surface area contributed by atoms with Crippen molar-refractivity contribution in [2.75, 3.05) is 0 Å². The molecule has 0 atom stereocenters. The van der Waals surface area contributed by atoms with Crippen molar-refractivity contribution in [3.8, 4) is 0 Å². The summed E-state index contributed by atoms with van der Waals surface area (Å²) in [6, 6.07) is 0. The summed E-state index contributed by atoms with van der Waals surface area (Å²) in [7, 11) is 0. The van der Waals surface area contributed by atoms with Crippen LogP contribution in [0.1, 0.15) is 34.6 Å². The fourth-order valence-corrected chi connectivity index (χ4v) is 0.0516. The van der Waals surface area contributed by atoms with E-state index in [4.69, 9.17) is 16.4 Å². The topological polar surface area (TPSA) is 95.0 Å². The van der Waals surface area contributed by atoms with Gasteiger partial charge in [-0.1, -0.05) is 0 Å². The fraction of sp³-hybridized carbons (Fsp3) is 0.556. The Kier molecular flexibility index (Phi) is 272. The summed E-state index contributed by atoms with van der Waals surface area (Å²) in [5.41, 5.74) is 12.2. The molecule has 0 aliphatic rings. The number of nitrogens with two attached hydrogens (primary N) is 1. The third kappa shape index (κ3) is 342. The first-order valence-corrected chi connectivity index (χ1v) is 4.14. The molecule has 0 amide bonds. The number of hydrogen-bond donors (Lipinski definition) is 2. The Morgan fingerprint density at radius 1 is 1.00 bits per heavy atom. The molecule has 5 nitrogen and oxygen atoms in total. The SMILES string of the molecule is C[CH-]C.C[CH-]N.C[CH-]N=[N+]=[N-].C[CH-]O.[W].[W].[W].[W]. The summed E-state index contributed by atoms with van der Waals surface area (Å²) >= 11 is 0. The maximum absolute atomic E-state index is 7.49. The molecule has 0 saturated carbocycles. The summed E-state index contributed by atoms with van der Waals surface area (Å²) in [4.78, 5) is 2.42. The van der Waals surface area contributed by atoms with Crippen LogP contribution in [0.5, 0.6) is 0 Å². The van der Waals surface area contributed by atoms with Crippen LogP contribution >= 0.6 is 0 Å². The van der Waals surface area contributed by atoms with Gasteiger partial charge in [0.25, 0.3) is 0 Å². The number of azide groups is 1. The molecule has 0 spiro atoms. The summed E-state index contributed by atoms with van der Waals surface area (Å²) in [5, 5.41) is 10.5. The average molecular weight is 938 g/mol. The zero-order valence-corrected chi connectivity index (χ0v) is 23.0. The molecular formula is C9H22N4OW4-4. The van der Waals surface area contributed by atoms with E-state index in [1.165, 1.54) is 13.1 Å². The zero-order chi connectivity index (χ0) is 12.2. The maximum atomic E-state index is 7.49. The molecule has 112 valence electrons. The van der Waals surface area contributed by atoms with E-state index in [1.807, 2.05) is 20.3 Å². The van der Waals surface area contributed by atoms with Gasteiger partial charge in [-0.3, -0.25) is 11.7 Å². The Morgan fingerprint density at radius 3 is 1.17 bits per heavy atom. The van der Waals surface area contributed by atoms with Crippen LogP contribution in [0.15, 0.2) is 5.11 Å². The third-order valence-electron chi connectivity index (χ3n) is 0.167. The summed E-state index contributed by atoms with van der Waals surface area (Å²) in [6.07, 6.45) is 2.00. The molecule has 0 rings (SSSR count). The van der Waals surface area contributed by atoms with E-state index in [-0.39, 0.29) is 84.3 Å². The smallest absolute Gasteiger partial charge is 0 e. The van der Waals surface area contributed by atoms with Gasteiger partial charge in [0.1, 0.15) is 0 Å². The molecule has 0 heterocycles. The molecule has 0 radical (unpaired) electrons. The molecule has 9 heteroatoms. The molecule has 0 fully saturated rings. The second kappa shape index (κ2) is 97.4. The van der Waals surface area contributed by atoms with Gasteiger partial charge >= 0.3 is 0 Å². The van der Waals surface area contributed by atoms with E-state index >= 15 is 0 Å². The number of aliphatic hydroxyl groups excluding tert-OH is 1. The molecule has 0 bridgehead atoms. The Hall–Kier alpha value is 1.85. The van der Waals surface area contributed by atoms with E-state index in [2.05, 4.69) is 10.0 Å². The van der Waals surface area contributed by atoms with E-state index in [0.717, 1.165) is 6.61 Å². The van der Waals surface area contributed by atoms with Gasteiger partial charge < -0.3 is 23.8 Å². The first-order chi connectivity index (χ1) is 6.66. The second-order valence-electron chi connectivity index (χ2n) is 1.63. The molecule has 0 unspecified atom stereocenters. The predicted octanol–water partition coefficient (Wildman–Crippen LogP) is 3.37. The number of rotatable bonds is 1. The molecular weight excluding hydrogens is 915 g/mol. The summed E-state index contributed by atoms with van der Waals surface area (Å²) in [5.74, 6) is 0. The predicted molar refractivity (Wildman–Crippen MR) is 60.8 cm³/mol. The quantitative estimate of drug-likeness (QED) is 0.183. The molecule has 0 aromatic heterocycles. The average Bonchev–Trinajstić information content (AvgIpc) is 2.09. The molecule has 0 aliphatic carbocycles. The van der Waals surface area contributed by atoms with Gasteiger partial charge in [-0.2, -0.15) is 34.6 Å². The van der Waals surface area contributed by atoms with Crippen LogP contribution in [0.3, 0.4) is 0 Å². The number of nitrogens with zero attached hydrogens (tertiary/aromatic N) is 3. The maximum Gasteiger partial charge on any atom is 0 e. The van der Waals surface area contributed by atoms with Crippen molar-refractivity contribution in [1.29, 1.82) is 0 Å². The van der Waals surface area contributed by atoms with Crippen molar-refractivity contribution in [2.45, 2.75) is 34.6 Å². The Labute approximate surface area is 169 Å². The minimum Gasteiger partial charge on any atom is -0.566 e. The number of hydrogen-bond acceptors (Lipinski definition) is 3. The van der Waals surface area contributed by atoms with Crippen molar-refractivity contribution >= 4 is 0 Å². The fourth-order valence-electron chi connectivity index (χ4n) is 0.0516. The van der Waals surface area contributed by atoms with Crippen molar-refractivity contribution in [3.05, 3.63) is 36.6 Å². The first kappa shape index (κ1) is 50.2. The first-order valence-electron chi connectivity index (χ1n) is 4.14. The van der Waals surface area contributed by atoms with Gasteiger partial charge in [0, 0.05) is 84.3 Å². The molecule has 0 aromatic rings. The van der Waals surface area contributed by atoms with Crippen LogP contribution in [0, 0.1) is 26.1 Å². The molecule has 3 N–H and O–H groups in total. The Balaban J connectivity index is -0.0000000118. The van der Waals surface area contributed by atoms with Crippen molar-refractivity contribution in [3.63, 3.8) is 0 Å². The molecule has 0 saturated heterocycles. The van der Waals surface area contributed by atoms with Gasteiger partial charge in [-0.15, -0.1) is 0 Å². The van der Waals surface area contributed by atoms with Crippen LogP contribution < -0.4 is 5.73 Å². The molecule has 18 heavy (non-hydrogen) atoms. The van der Waals surface area contributed by atoms with Crippen molar-refractivity contribution in [1.82, 2.24) is 0 Å². The summed E-state index contributed by atoms with van der Waals surface area (Å²) < 4.78 is 0. The van der Waals surface area contributed by atoms with E-state index in [0.29, 0.717) is 0 Å². The van der Waals surface area contributed by atoms with Crippen LogP contribution in [0.2, 0.25) is 0 Å². The monoisotopic (exact) mass is 938 g/mol. The Bertz CT molecular complexity index is 102. The van der Waals surface area contributed by atoms with Crippen molar-refractivity contribution < 1.29 is 89.4 Å². The standard InChI is InChI=1S/C3H7.C2H4N3.C2H6N.C2H5O.4W/c1-3-2;1-2-4-5-3;2*1-2-3;;;;/h3H,1-2H3;2H,1H3;2H,3H2,1H3;2-3H,1H3;;;;/q4*-1;;;;. The van der Waals surface area contributed by atoms with Gasteiger partial charge in [0.2, 0.25) is 0 Å². The van der Waals surface area contributed by atoms with Crippen LogP contribution in [0.25, 0.3) is 10.4 Å². The van der Waals surface area contributed by atoms with Gasteiger partial charge in [-0.05, 0) is 10.4 Å². The van der Waals surface area contributed by atoms with E-state index in [9.17, 15) is 0 Å².